The fourth-order valence-corrected chi connectivity index (χ4v) is 2.46. The number of rotatable bonds is 3. The average Bonchev–Trinajstić information content (AvgIpc) is 2.32. The number of aryl methyl sites for hydroxylation is 1. The van der Waals surface area contributed by atoms with Crippen LogP contribution in [0.4, 0.5) is 0 Å². The first kappa shape index (κ1) is 13.6. The largest absolute Gasteiger partial charge is 0.388 e. The van der Waals surface area contributed by atoms with Crippen LogP contribution in [-0.2, 0) is 6.42 Å². The molecule has 0 fully saturated rings. The van der Waals surface area contributed by atoms with Gasteiger partial charge >= 0.3 is 0 Å². The summed E-state index contributed by atoms with van der Waals surface area (Å²) in [5.41, 5.74) is 2.97. The summed E-state index contributed by atoms with van der Waals surface area (Å²) < 4.78 is 1.02. The van der Waals surface area contributed by atoms with Gasteiger partial charge in [0.15, 0.2) is 0 Å². The number of aliphatic hydroxyl groups is 1. The van der Waals surface area contributed by atoms with E-state index in [4.69, 9.17) is 11.6 Å². The highest BCUT2D eigenvalue weighted by atomic mass is 79.9. The molecule has 2 aromatic rings. The Hall–Kier alpha value is -0.830. The topological polar surface area (TPSA) is 20.2 Å². The van der Waals surface area contributed by atoms with Gasteiger partial charge in [-0.2, -0.15) is 0 Å². The van der Waals surface area contributed by atoms with Crippen LogP contribution in [0.15, 0.2) is 46.9 Å². The number of halogens is 2. The molecule has 0 aliphatic rings. The summed E-state index contributed by atoms with van der Waals surface area (Å²) in [6.07, 6.45) is 0.0520. The molecule has 1 unspecified atom stereocenters. The van der Waals surface area contributed by atoms with Crippen LogP contribution in [0.3, 0.4) is 0 Å². The van der Waals surface area contributed by atoms with Crippen molar-refractivity contribution in [2.24, 2.45) is 0 Å². The zero-order valence-electron chi connectivity index (χ0n) is 10.0. The van der Waals surface area contributed by atoms with E-state index >= 15 is 0 Å². The molecule has 0 saturated carbocycles. The minimum Gasteiger partial charge on any atom is -0.388 e. The Morgan fingerprint density at radius 1 is 1.22 bits per heavy atom. The van der Waals surface area contributed by atoms with E-state index in [1.807, 2.05) is 49.4 Å². The smallest absolute Gasteiger partial charge is 0.0830 e. The van der Waals surface area contributed by atoms with Gasteiger partial charge in [-0.25, -0.2) is 0 Å². The fraction of sp³-hybridized carbons (Fsp3) is 0.200. The van der Waals surface area contributed by atoms with Crippen molar-refractivity contribution in [2.45, 2.75) is 19.4 Å². The van der Waals surface area contributed by atoms with Gasteiger partial charge in [0, 0.05) is 15.9 Å². The van der Waals surface area contributed by atoms with Gasteiger partial charge in [-0.15, -0.1) is 0 Å². The minimum absolute atomic E-state index is 0.530. The molecule has 0 amide bonds. The lowest BCUT2D eigenvalue weighted by molar-refractivity contribution is 0.178. The third-order valence-corrected chi connectivity index (χ3v) is 3.80. The number of aliphatic hydroxyl groups excluding tert-OH is 1. The molecule has 2 rings (SSSR count). The van der Waals surface area contributed by atoms with Crippen LogP contribution >= 0.6 is 27.5 Å². The molecule has 2 aromatic carbocycles. The zero-order chi connectivity index (χ0) is 13.1. The summed E-state index contributed by atoms with van der Waals surface area (Å²) >= 11 is 9.49. The second kappa shape index (κ2) is 5.87. The second-order valence-corrected chi connectivity index (χ2v) is 5.68. The lowest BCUT2D eigenvalue weighted by atomic mass is 10.0. The third kappa shape index (κ3) is 3.35. The van der Waals surface area contributed by atoms with E-state index in [2.05, 4.69) is 15.9 Å². The monoisotopic (exact) mass is 324 g/mol. The molecule has 0 spiro atoms. The lowest BCUT2D eigenvalue weighted by Crippen LogP contribution is -2.02. The Morgan fingerprint density at radius 3 is 2.67 bits per heavy atom. The highest BCUT2D eigenvalue weighted by molar-refractivity contribution is 9.10. The molecule has 0 radical (unpaired) electrons. The van der Waals surface area contributed by atoms with Crippen LogP contribution in [0.1, 0.15) is 22.8 Å². The predicted molar refractivity (Wildman–Crippen MR) is 79.0 cm³/mol. The summed E-state index contributed by atoms with van der Waals surface area (Å²) in [5, 5.41) is 10.9. The molecule has 1 nitrogen and oxygen atoms in total. The fourth-order valence-electron chi connectivity index (χ4n) is 1.82. The first-order valence-electron chi connectivity index (χ1n) is 5.75. The molecular weight excluding hydrogens is 312 g/mol. The van der Waals surface area contributed by atoms with Crippen molar-refractivity contribution >= 4 is 27.5 Å². The first-order chi connectivity index (χ1) is 8.56. The summed E-state index contributed by atoms with van der Waals surface area (Å²) in [6.45, 7) is 1.95. The van der Waals surface area contributed by atoms with E-state index in [1.54, 1.807) is 0 Å². The molecule has 1 atom stereocenters. The van der Waals surface area contributed by atoms with Crippen molar-refractivity contribution in [3.05, 3.63) is 68.7 Å². The van der Waals surface area contributed by atoms with E-state index in [0.29, 0.717) is 11.4 Å². The maximum Gasteiger partial charge on any atom is 0.0830 e. The van der Waals surface area contributed by atoms with Gasteiger partial charge in [0.1, 0.15) is 0 Å². The zero-order valence-corrected chi connectivity index (χ0v) is 12.4. The van der Waals surface area contributed by atoms with Crippen LogP contribution in [0.25, 0.3) is 0 Å². The Balaban J connectivity index is 2.16. The molecule has 0 saturated heterocycles. The van der Waals surface area contributed by atoms with Gasteiger partial charge in [-0.3, -0.25) is 0 Å². The van der Waals surface area contributed by atoms with Crippen LogP contribution in [0.5, 0.6) is 0 Å². The number of hydrogen-bond donors (Lipinski definition) is 1. The molecule has 1 N–H and O–H groups in total. The Kier molecular flexibility index (Phi) is 4.44. The standard InChI is InChI=1S/C15H14BrClO/c1-10-5-6-12(9-14(10)17)15(18)8-11-3-2-4-13(16)7-11/h2-7,9,15,18H,8H2,1H3. The van der Waals surface area contributed by atoms with E-state index in [0.717, 1.165) is 21.2 Å². The Bertz CT molecular complexity index is 554. The number of benzene rings is 2. The average molecular weight is 326 g/mol. The Morgan fingerprint density at radius 2 is 2.00 bits per heavy atom. The maximum atomic E-state index is 10.2. The lowest BCUT2D eigenvalue weighted by Gasteiger charge is -2.12. The SMILES string of the molecule is Cc1ccc(C(O)Cc2cccc(Br)c2)cc1Cl. The number of hydrogen-bond acceptors (Lipinski definition) is 1. The van der Waals surface area contributed by atoms with Crippen LogP contribution in [0, 0.1) is 6.92 Å². The van der Waals surface area contributed by atoms with Gasteiger partial charge < -0.3 is 5.11 Å². The van der Waals surface area contributed by atoms with Gasteiger partial charge in [-0.05, 0) is 41.8 Å². The highest BCUT2D eigenvalue weighted by Gasteiger charge is 2.10. The predicted octanol–water partition coefficient (Wildman–Crippen LogP) is 4.69. The van der Waals surface area contributed by atoms with Gasteiger partial charge in [0.2, 0.25) is 0 Å². The molecule has 3 heteroatoms. The Labute approximate surface area is 121 Å². The molecule has 18 heavy (non-hydrogen) atoms. The van der Waals surface area contributed by atoms with Gasteiger partial charge in [0.05, 0.1) is 6.10 Å². The molecule has 0 bridgehead atoms. The summed E-state index contributed by atoms with van der Waals surface area (Å²) in [7, 11) is 0. The third-order valence-electron chi connectivity index (χ3n) is 2.90. The van der Waals surface area contributed by atoms with Crippen molar-refractivity contribution in [2.75, 3.05) is 0 Å². The molecule has 94 valence electrons. The molecule has 0 aliphatic carbocycles. The summed E-state index contributed by atoms with van der Waals surface area (Å²) in [4.78, 5) is 0. The molecule has 0 heterocycles. The van der Waals surface area contributed by atoms with Crippen molar-refractivity contribution < 1.29 is 5.11 Å². The summed E-state index contributed by atoms with van der Waals surface area (Å²) in [6, 6.07) is 13.6. The van der Waals surface area contributed by atoms with Crippen molar-refractivity contribution in [3.8, 4) is 0 Å². The molecule has 0 aromatic heterocycles. The van der Waals surface area contributed by atoms with Crippen LogP contribution in [-0.4, -0.2) is 5.11 Å². The van der Waals surface area contributed by atoms with Crippen molar-refractivity contribution in [3.63, 3.8) is 0 Å². The second-order valence-electron chi connectivity index (χ2n) is 4.36. The summed E-state index contributed by atoms with van der Waals surface area (Å²) in [5.74, 6) is 0. The molecule has 0 aliphatic heterocycles. The van der Waals surface area contributed by atoms with Crippen LogP contribution in [0.2, 0.25) is 5.02 Å². The van der Waals surface area contributed by atoms with Crippen molar-refractivity contribution in [1.29, 1.82) is 0 Å². The van der Waals surface area contributed by atoms with E-state index in [9.17, 15) is 5.11 Å². The maximum absolute atomic E-state index is 10.2. The first-order valence-corrected chi connectivity index (χ1v) is 6.92. The van der Waals surface area contributed by atoms with E-state index < -0.39 is 6.10 Å². The van der Waals surface area contributed by atoms with Crippen molar-refractivity contribution in [1.82, 2.24) is 0 Å². The van der Waals surface area contributed by atoms with E-state index in [-0.39, 0.29) is 0 Å². The quantitative estimate of drug-likeness (QED) is 0.868. The minimum atomic E-state index is -0.530. The van der Waals surface area contributed by atoms with Crippen LogP contribution < -0.4 is 0 Å². The van der Waals surface area contributed by atoms with E-state index in [1.165, 1.54) is 0 Å². The molecular formula is C15H14BrClO. The van der Waals surface area contributed by atoms with Gasteiger partial charge in [-0.1, -0.05) is 51.8 Å². The van der Waals surface area contributed by atoms with Gasteiger partial charge in [0.25, 0.3) is 0 Å². The highest BCUT2D eigenvalue weighted by Crippen LogP contribution is 2.24. The normalized spacial score (nSPS) is 12.4.